The van der Waals surface area contributed by atoms with Crippen LogP contribution in [0.5, 0.6) is 5.75 Å². The number of anilines is 2. The van der Waals surface area contributed by atoms with E-state index in [4.69, 9.17) is 17.0 Å². The van der Waals surface area contributed by atoms with Gasteiger partial charge in [-0.15, -0.1) is 0 Å². The van der Waals surface area contributed by atoms with Gasteiger partial charge < -0.3 is 10.1 Å². The molecule has 0 unspecified atom stereocenters. The van der Waals surface area contributed by atoms with Crippen molar-refractivity contribution in [2.75, 3.05) is 17.3 Å². The maximum atomic E-state index is 12.8. The molecule has 0 radical (unpaired) electrons. The van der Waals surface area contributed by atoms with Crippen LogP contribution in [0.15, 0.2) is 60.7 Å². The Hall–Kier alpha value is -4.04. The van der Waals surface area contributed by atoms with Crippen LogP contribution in [-0.4, -0.2) is 29.9 Å². The van der Waals surface area contributed by atoms with Crippen LogP contribution in [0.3, 0.4) is 0 Å². The molecule has 0 saturated carbocycles. The summed E-state index contributed by atoms with van der Waals surface area (Å²) in [6.07, 6.45) is 0. The Bertz CT molecular complexity index is 1280. The zero-order valence-corrected chi connectivity index (χ0v) is 19.1. The Kier molecular flexibility index (Phi) is 5.93. The number of nitrogens with zero attached hydrogens (tertiary/aromatic N) is 1. The predicted octanol–water partition coefficient (Wildman–Crippen LogP) is 4.24. The fourth-order valence-electron chi connectivity index (χ4n) is 3.57. The number of fused-ring (bicyclic) bond motifs is 1. The topological polar surface area (TPSA) is 87.7 Å². The lowest BCUT2D eigenvalue weighted by Crippen LogP contribution is -2.34. The van der Waals surface area contributed by atoms with Crippen molar-refractivity contribution in [3.63, 3.8) is 0 Å². The molecule has 0 saturated heterocycles. The molecular weight excluding hydrogens is 438 g/mol. The molecule has 33 heavy (non-hydrogen) atoms. The van der Waals surface area contributed by atoms with Crippen molar-refractivity contribution in [3.05, 3.63) is 88.5 Å². The number of methoxy groups -OCH3 is 1. The van der Waals surface area contributed by atoms with Gasteiger partial charge in [0.2, 0.25) is 0 Å². The maximum Gasteiger partial charge on any atom is 0.266 e. The third-order valence-corrected chi connectivity index (χ3v) is 5.67. The van der Waals surface area contributed by atoms with Crippen molar-refractivity contribution in [2.45, 2.75) is 13.8 Å². The Morgan fingerprint density at radius 3 is 2.18 bits per heavy atom. The standard InChI is InChI=1S/C25H21N3O4S/c1-14-8-9-16(12-15(14)2)22(29)27-25(33)26-17-10-11-20(21(13-17)32-3)28-23(30)18-6-4-5-7-19(18)24(28)31/h4-13H,1-3H3,(H2,26,27,29,33). The number of ether oxygens (including phenoxy) is 1. The number of carbonyl (C=O) groups excluding carboxylic acids is 3. The van der Waals surface area contributed by atoms with Gasteiger partial charge >= 0.3 is 0 Å². The Balaban J connectivity index is 1.51. The van der Waals surface area contributed by atoms with E-state index in [9.17, 15) is 14.4 Å². The summed E-state index contributed by atoms with van der Waals surface area (Å²) in [6, 6.07) is 16.9. The lowest BCUT2D eigenvalue weighted by Gasteiger charge is -2.19. The molecule has 0 atom stereocenters. The fraction of sp³-hybridized carbons (Fsp3) is 0.120. The smallest absolute Gasteiger partial charge is 0.266 e. The molecule has 0 aromatic heterocycles. The number of nitrogens with one attached hydrogen (secondary N) is 2. The number of carbonyl (C=O) groups is 3. The number of imide groups is 1. The number of amides is 3. The molecule has 2 N–H and O–H groups in total. The summed E-state index contributed by atoms with van der Waals surface area (Å²) in [5.74, 6) is -0.848. The summed E-state index contributed by atoms with van der Waals surface area (Å²) in [7, 11) is 1.45. The van der Waals surface area contributed by atoms with Crippen molar-refractivity contribution in [3.8, 4) is 5.75 Å². The highest BCUT2D eigenvalue weighted by molar-refractivity contribution is 7.80. The minimum absolute atomic E-state index is 0.105. The van der Waals surface area contributed by atoms with E-state index >= 15 is 0 Å². The Morgan fingerprint density at radius 1 is 0.909 bits per heavy atom. The first-order chi connectivity index (χ1) is 15.8. The molecule has 166 valence electrons. The molecule has 0 bridgehead atoms. The molecule has 3 aromatic rings. The zero-order chi connectivity index (χ0) is 23.7. The van der Waals surface area contributed by atoms with Crippen LogP contribution in [0, 0.1) is 13.8 Å². The van der Waals surface area contributed by atoms with Gasteiger partial charge in [0.25, 0.3) is 17.7 Å². The normalized spacial score (nSPS) is 12.4. The van der Waals surface area contributed by atoms with Gasteiger partial charge in [0, 0.05) is 17.3 Å². The first-order valence-electron chi connectivity index (χ1n) is 10.2. The van der Waals surface area contributed by atoms with Crippen molar-refractivity contribution in [1.82, 2.24) is 5.32 Å². The van der Waals surface area contributed by atoms with Gasteiger partial charge in [-0.2, -0.15) is 0 Å². The van der Waals surface area contributed by atoms with Gasteiger partial charge in [-0.3, -0.25) is 19.7 Å². The average Bonchev–Trinajstić information content (AvgIpc) is 3.05. The van der Waals surface area contributed by atoms with Crippen molar-refractivity contribution < 1.29 is 19.1 Å². The highest BCUT2D eigenvalue weighted by atomic mass is 32.1. The van der Waals surface area contributed by atoms with Crippen LogP contribution in [0.2, 0.25) is 0 Å². The van der Waals surface area contributed by atoms with E-state index in [-0.39, 0.29) is 11.0 Å². The van der Waals surface area contributed by atoms with E-state index < -0.39 is 11.8 Å². The molecule has 3 amide bonds. The summed E-state index contributed by atoms with van der Waals surface area (Å²) in [4.78, 5) is 39.2. The van der Waals surface area contributed by atoms with Gasteiger partial charge in [-0.1, -0.05) is 18.2 Å². The van der Waals surface area contributed by atoms with Crippen LogP contribution in [0.1, 0.15) is 42.2 Å². The second-order valence-electron chi connectivity index (χ2n) is 7.59. The fourth-order valence-corrected chi connectivity index (χ4v) is 3.78. The average molecular weight is 460 g/mol. The van der Waals surface area contributed by atoms with Crippen molar-refractivity contribution in [1.29, 1.82) is 0 Å². The Morgan fingerprint density at radius 2 is 1.58 bits per heavy atom. The molecular formula is C25H21N3O4S. The molecule has 8 heteroatoms. The maximum absolute atomic E-state index is 12.8. The van der Waals surface area contributed by atoms with Crippen molar-refractivity contribution in [2.24, 2.45) is 0 Å². The first-order valence-corrected chi connectivity index (χ1v) is 10.6. The number of hydrogen-bond acceptors (Lipinski definition) is 5. The van der Waals surface area contributed by atoms with E-state index in [1.165, 1.54) is 7.11 Å². The molecule has 0 aliphatic carbocycles. The van der Waals surface area contributed by atoms with E-state index in [1.54, 1.807) is 54.6 Å². The van der Waals surface area contributed by atoms with Gasteiger partial charge in [0.15, 0.2) is 5.11 Å². The Labute approximate surface area is 196 Å². The summed E-state index contributed by atoms with van der Waals surface area (Å²) < 4.78 is 5.43. The zero-order valence-electron chi connectivity index (χ0n) is 18.3. The lowest BCUT2D eigenvalue weighted by atomic mass is 10.1. The van der Waals surface area contributed by atoms with Crippen molar-refractivity contribution >= 4 is 46.4 Å². The summed E-state index contributed by atoms with van der Waals surface area (Å²) in [5, 5.41) is 5.68. The second-order valence-corrected chi connectivity index (χ2v) is 7.99. The predicted molar refractivity (Wildman–Crippen MR) is 130 cm³/mol. The van der Waals surface area contributed by atoms with Gasteiger partial charge in [0.05, 0.1) is 23.9 Å². The van der Waals surface area contributed by atoms with Crippen LogP contribution in [0.4, 0.5) is 11.4 Å². The molecule has 0 fully saturated rings. The molecule has 1 heterocycles. The largest absolute Gasteiger partial charge is 0.494 e. The molecule has 4 rings (SSSR count). The third kappa shape index (κ3) is 4.20. The van der Waals surface area contributed by atoms with E-state index in [2.05, 4.69) is 10.6 Å². The number of thiocarbonyl (C=S) groups is 1. The number of aryl methyl sites for hydroxylation is 2. The third-order valence-electron chi connectivity index (χ3n) is 5.47. The van der Waals surface area contributed by atoms with Gasteiger partial charge in [-0.25, -0.2) is 4.90 Å². The highest BCUT2D eigenvalue weighted by Gasteiger charge is 2.37. The lowest BCUT2D eigenvalue weighted by molar-refractivity contribution is 0.0922. The summed E-state index contributed by atoms with van der Waals surface area (Å²) >= 11 is 5.27. The summed E-state index contributed by atoms with van der Waals surface area (Å²) in [5.41, 5.74) is 4.15. The second kappa shape index (κ2) is 8.84. The minimum atomic E-state index is -0.411. The van der Waals surface area contributed by atoms with E-state index in [0.29, 0.717) is 33.8 Å². The van der Waals surface area contributed by atoms with Crippen LogP contribution >= 0.6 is 12.2 Å². The van der Waals surface area contributed by atoms with E-state index in [0.717, 1.165) is 16.0 Å². The first kappa shape index (κ1) is 22.2. The molecule has 1 aliphatic rings. The van der Waals surface area contributed by atoms with Gasteiger partial charge in [0.1, 0.15) is 5.75 Å². The SMILES string of the molecule is COc1cc(NC(=S)NC(=O)c2ccc(C)c(C)c2)ccc1N1C(=O)c2ccccc2C1=O. The minimum Gasteiger partial charge on any atom is -0.494 e. The monoisotopic (exact) mass is 459 g/mol. The number of hydrogen-bond donors (Lipinski definition) is 2. The quantitative estimate of drug-likeness (QED) is 0.448. The molecule has 0 spiro atoms. The molecule has 3 aromatic carbocycles. The van der Waals surface area contributed by atoms with Crippen LogP contribution < -0.4 is 20.3 Å². The van der Waals surface area contributed by atoms with E-state index in [1.807, 2.05) is 19.9 Å². The van der Waals surface area contributed by atoms with Crippen LogP contribution in [-0.2, 0) is 0 Å². The van der Waals surface area contributed by atoms with Crippen LogP contribution in [0.25, 0.3) is 0 Å². The number of rotatable bonds is 4. The summed E-state index contributed by atoms with van der Waals surface area (Å²) in [6.45, 7) is 3.91. The highest BCUT2D eigenvalue weighted by Crippen LogP contribution is 2.36. The molecule has 7 nitrogen and oxygen atoms in total. The van der Waals surface area contributed by atoms with Gasteiger partial charge in [-0.05, 0) is 73.6 Å². The molecule has 1 aliphatic heterocycles. The number of benzene rings is 3.